The summed E-state index contributed by atoms with van der Waals surface area (Å²) >= 11 is 0. The summed E-state index contributed by atoms with van der Waals surface area (Å²) in [7, 11) is 0. The minimum atomic E-state index is 0.0783. The van der Waals surface area contributed by atoms with Crippen LogP contribution in [0.5, 0.6) is 5.75 Å². The molecule has 0 saturated heterocycles. The van der Waals surface area contributed by atoms with Crippen LogP contribution in [0.1, 0.15) is 94.5 Å². The fourth-order valence-electron chi connectivity index (χ4n) is 3.19. The first kappa shape index (κ1) is 18.7. The number of hydrogen-bond donors (Lipinski definition) is 1. The number of rotatable bonds is 9. The second-order valence-corrected chi connectivity index (χ2v) is 7.37. The molecule has 22 heavy (non-hydrogen) atoms. The number of carbonyl (C=O) groups excluding carboxylic acids is 1. The van der Waals surface area contributed by atoms with E-state index in [1.165, 1.54) is 38.5 Å². The van der Waals surface area contributed by atoms with Crippen LogP contribution in [0.2, 0.25) is 0 Å². The van der Waals surface area contributed by atoms with Gasteiger partial charge in [-0.2, -0.15) is 0 Å². The summed E-state index contributed by atoms with van der Waals surface area (Å²) in [5.74, 6) is 0.399. The summed E-state index contributed by atoms with van der Waals surface area (Å²) in [6, 6.07) is 5.44. The number of unbranched alkanes of at least 4 members (excludes halogenated alkanes) is 5. The molecule has 0 amide bonds. The number of benzene rings is 1. The third kappa shape index (κ3) is 5.47. The van der Waals surface area contributed by atoms with Gasteiger partial charge < -0.3 is 5.11 Å². The molecule has 2 heteroatoms. The van der Waals surface area contributed by atoms with Gasteiger partial charge in [-0.15, -0.1) is 0 Å². The Morgan fingerprint density at radius 3 is 2.32 bits per heavy atom. The van der Waals surface area contributed by atoms with E-state index >= 15 is 0 Å². The second kappa shape index (κ2) is 8.97. The lowest BCUT2D eigenvalue weighted by Crippen LogP contribution is -2.20. The van der Waals surface area contributed by atoms with Gasteiger partial charge in [0.15, 0.2) is 6.29 Å². The predicted octanol–water partition coefficient (Wildman–Crippen LogP) is 6.09. The van der Waals surface area contributed by atoms with E-state index in [9.17, 15) is 9.90 Å². The Balaban J connectivity index is 2.78. The lowest BCUT2D eigenvalue weighted by atomic mass is 9.72. The molecule has 0 bridgehead atoms. The fourth-order valence-corrected chi connectivity index (χ4v) is 3.19. The van der Waals surface area contributed by atoms with Gasteiger partial charge in [0.25, 0.3) is 0 Å². The molecule has 1 atom stereocenters. The van der Waals surface area contributed by atoms with E-state index < -0.39 is 0 Å². The minimum absolute atomic E-state index is 0.0783. The zero-order valence-corrected chi connectivity index (χ0v) is 14.7. The van der Waals surface area contributed by atoms with Gasteiger partial charge in [-0.3, -0.25) is 4.79 Å². The van der Waals surface area contributed by atoms with E-state index in [-0.39, 0.29) is 11.2 Å². The van der Waals surface area contributed by atoms with Gasteiger partial charge >= 0.3 is 0 Å². The molecule has 0 aromatic heterocycles. The summed E-state index contributed by atoms with van der Waals surface area (Å²) in [4.78, 5) is 11.4. The Bertz CT molecular complexity index is 457. The Kier molecular flexibility index (Phi) is 7.64. The first-order valence-electron chi connectivity index (χ1n) is 8.68. The Hall–Kier alpha value is -1.31. The van der Waals surface area contributed by atoms with Crippen molar-refractivity contribution in [1.82, 2.24) is 0 Å². The molecule has 1 N–H and O–H groups in total. The number of phenols is 1. The summed E-state index contributed by atoms with van der Waals surface area (Å²) in [5.41, 5.74) is 1.54. The van der Waals surface area contributed by atoms with Crippen molar-refractivity contribution in [3.8, 4) is 5.75 Å². The highest BCUT2D eigenvalue weighted by Gasteiger charge is 2.28. The summed E-state index contributed by atoms with van der Waals surface area (Å²) in [5, 5.41) is 9.94. The molecular formula is C20H32O2. The molecule has 1 aromatic rings. The van der Waals surface area contributed by atoms with E-state index in [2.05, 4.69) is 27.7 Å². The number of aromatic hydroxyl groups is 1. The second-order valence-electron chi connectivity index (χ2n) is 7.37. The van der Waals surface area contributed by atoms with Crippen molar-refractivity contribution in [3.63, 3.8) is 0 Å². The van der Waals surface area contributed by atoms with E-state index in [0.717, 1.165) is 18.3 Å². The van der Waals surface area contributed by atoms with Gasteiger partial charge in [0.2, 0.25) is 0 Å². The molecule has 1 rings (SSSR count). The van der Waals surface area contributed by atoms with Gasteiger partial charge in [0.05, 0.1) is 5.56 Å². The number of aldehydes is 1. The molecule has 0 aliphatic heterocycles. The van der Waals surface area contributed by atoms with Crippen LogP contribution in [0.25, 0.3) is 0 Å². The van der Waals surface area contributed by atoms with Crippen LogP contribution < -0.4 is 0 Å². The van der Waals surface area contributed by atoms with Crippen LogP contribution in [0.4, 0.5) is 0 Å². The Labute approximate surface area is 135 Å². The van der Waals surface area contributed by atoms with Crippen molar-refractivity contribution in [1.29, 1.82) is 0 Å². The van der Waals surface area contributed by atoms with Crippen molar-refractivity contribution in [2.24, 2.45) is 5.41 Å². The summed E-state index contributed by atoms with van der Waals surface area (Å²) in [6.07, 6.45) is 9.51. The molecule has 0 aliphatic rings. The quantitative estimate of drug-likeness (QED) is 0.443. The average Bonchev–Trinajstić information content (AvgIpc) is 2.45. The molecule has 0 heterocycles. The molecule has 124 valence electrons. The number of phenolic OH excluding ortho intramolecular Hbond substituents is 1. The predicted molar refractivity (Wildman–Crippen MR) is 93.7 cm³/mol. The van der Waals surface area contributed by atoms with Crippen LogP contribution in [0, 0.1) is 5.41 Å². The standard InChI is InChI=1S/C20H32O2/c1-5-6-7-8-9-10-13-18(20(2,3)4)16-12-11-14-19(22)17(16)15-21/h11-12,14-15,18,22H,5-10,13H2,1-4H3. The molecule has 0 spiro atoms. The summed E-state index contributed by atoms with van der Waals surface area (Å²) < 4.78 is 0. The Morgan fingerprint density at radius 1 is 1.09 bits per heavy atom. The molecular weight excluding hydrogens is 272 g/mol. The zero-order chi connectivity index (χ0) is 16.6. The normalized spacial score (nSPS) is 13.1. The van der Waals surface area contributed by atoms with Crippen LogP contribution in [-0.2, 0) is 0 Å². The van der Waals surface area contributed by atoms with Crippen LogP contribution in [0.3, 0.4) is 0 Å². The van der Waals surface area contributed by atoms with Crippen LogP contribution in [-0.4, -0.2) is 11.4 Å². The maximum atomic E-state index is 11.4. The number of carbonyl (C=O) groups is 1. The van der Waals surface area contributed by atoms with Crippen molar-refractivity contribution in [2.75, 3.05) is 0 Å². The SMILES string of the molecule is CCCCCCCCC(c1cccc(O)c1C=O)C(C)(C)C. The fraction of sp³-hybridized carbons (Fsp3) is 0.650. The van der Waals surface area contributed by atoms with Gasteiger partial charge in [-0.1, -0.05) is 78.4 Å². The van der Waals surface area contributed by atoms with E-state index in [1.54, 1.807) is 6.07 Å². The van der Waals surface area contributed by atoms with Gasteiger partial charge in [-0.05, 0) is 29.4 Å². The van der Waals surface area contributed by atoms with Gasteiger partial charge in [-0.25, -0.2) is 0 Å². The van der Waals surface area contributed by atoms with Crippen molar-refractivity contribution < 1.29 is 9.90 Å². The molecule has 0 aliphatic carbocycles. The van der Waals surface area contributed by atoms with E-state index in [4.69, 9.17) is 0 Å². The van der Waals surface area contributed by atoms with Crippen molar-refractivity contribution in [3.05, 3.63) is 29.3 Å². The highest BCUT2D eigenvalue weighted by atomic mass is 16.3. The lowest BCUT2D eigenvalue weighted by Gasteiger charge is -2.32. The first-order chi connectivity index (χ1) is 10.4. The zero-order valence-electron chi connectivity index (χ0n) is 14.7. The van der Waals surface area contributed by atoms with E-state index in [1.807, 2.05) is 12.1 Å². The third-order valence-electron chi connectivity index (χ3n) is 4.50. The maximum absolute atomic E-state index is 11.4. The third-order valence-corrected chi connectivity index (χ3v) is 4.50. The maximum Gasteiger partial charge on any atom is 0.154 e. The molecule has 1 unspecified atom stereocenters. The lowest BCUT2D eigenvalue weighted by molar-refractivity contribution is 0.111. The van der Waals surface area contributed by atoms with E-state index in [0.29, 0.717) is 11.5 Å². The van der Waals surface area contributed by atoms with Crippen molar-refractivity contribution in [2.45, 2.75) is 78.6 Å². The van der Waals surface area contributed by atoms with Gasteiger partial charge in [0.1, 0.15) is 5.75 Å². The van der Waals surface area contributed by atoms with Crippen LogP contribution in [0.15, 0.2) is 18.2 Å². The van der Waals surface area contributed by atoms with Crippen LogP contribution >= 0.6 is 0 Å². The molecule has 0 radical (unpaired) electrons. The van der Waals surface area contributed by atoms with Crippen molar-refractivity contribution >= 4 is 6.29 Å². The average molecular weight is 304 g/mol. The minimum Gasteiger partial charge on any atom is -0.507 e. The first-order valence-corrected chi connectivity index (χ1v) is 8.68. The highest BCUT2D eigenvalue weighted by molar-refractivity contribution is 5.81. The molecule has 2 nitrogen and oxygen atoms in total. The summed E-state index contributed by atoms with van der Waals surface area (Å²) in [6.45, 7) is 8.88. The Morgan fingerprint density at radius 2 is 1.73 bits per heavy atom. The molecule has 0 fully saturated rings. The monoisotopic (exact) mass is 304 g/mol. The number of hydrogen-bond acceptors (Lipinski definition) is 2. The largest absolute Gasteiger partial charge is 0.507 e. The van der Waals surface area contributed by atoms with Gasteiger partial charge in [0, 0.05) is 0 Å². The smallest absolute Gasteiger partial charge is 0.154 e. The molecule has 0 saturated carbocycles. The highest BCUT2D eigenvalue weighted by Crippen LogP contribution is 2.41. The molecule has 1 aromatic carbocycles. The topological polar surface area (TPSA) is 37.3 Å².